The lowest BCUT2D eigenvalue weighted by molar-refractivity contribution is -0.132. The predicted octanol–water partition coefficient (Wildman–Crippen LogP) is 2.53. The lowest BCUT2D eigenvalue weighted by atomic mass is 10.0. The first-order valence-electron chi connectivity index (χ1n) is 8.43. The van der Waals surface area contributed by atoms with Crippen molar-refractivity contribution in [3.05, 3.63) is 51.9 Å². The van der Waals surface area contributed by atoms with Gasteiger partial charge in [-0.3, -0.25) is 9.59 Å². The van der Waals surface area contributed by atoms with E-state index < -0.39 is 0 Å². The summed E-state index contributed by atoms with van der Waals surface area (Å²) in [7, 11) is 0. The molecule has 0 bridgehead atoms. The van der Waals surface area contributed by atoms with Gasteiger partial charge in [0.25, 0.3) is 5.91 Å². The van der Waals surface area contributed by atoms with Crippen molar-refractivity contribution in [2.45, 2.75) is 25.8 Å². The molecular formula is C19H19N3O3S. The molecule has 26 heavy (non-hydrogen) atoms. The van der Waals surface area contributed by atoms with Gasteiger partial charge < -0.3 is 15.3 Å². The molecule has 2 amide bonds. The number of benzene rings is 1. The van der Waals surface area contributed by atoms with Crippen LogP contribution in [0.3, 0.4) is 0 Å². The zero-order chi connectivity index (χ0) is 18.5. The summed E-state index contributed by atoms with van der Waals surface area (Å²) >= 11 is 1.36. The van der Waals surface area contributed by atoms with Crippen LogP contribution in [0.25, 0.3) is 0 Å². The van der Waals surface area contributed by atoms with Crippen molar-refractivity contribution in [1.82, 2.24) is 4.90 Å². The summed E-state index contributed by atoms with van der Waals surface area (Å²) in [6, 6.07) is 11.0. The predicted molar refractivity (Wildman–Crippen MR) is 98.9 cm³/mol. The zero-order valence-electron chi connectivity index (χ0n) is 14.2. The van der Waals surface area contributed by atoms with E-state index in [9.17, 15) is 14.9 Å². The fourth-order valence-corrected chi connectivity index (χ4v) is 4.18. The van der Waals surface area contributed by atoms with E-state index in [0.717, 1.165) is 10.4 Å². The normalized spacial score (nSPS) is 13.0. The Bertz CT molecular complexity index is 855. The molecule has 0 radical (unpaired) electrons. The number of amides is 2. The van der Waals surface area contributed by atoms with Crippen LogP contribution in [0.1, 0.15) is 39.2 Å². The first-order valence-corrected chi connectivity index (χ1v) is 9.25. The summed E-state index contributed by atoms with van der Waals surface area (Å²) in [6.45, 7) is 0.993. The van der Waals surface area contributed by atoms with E-state index in [4.69, 9.17) is 5.11 Å². The van der Waals surface area contributed by atoms with Gasteiger partial charge in [-0.05, 0) is 30.5 Å². The Labute approximate surface area is 155 Å². The van der Waals surface area contributed by atoms with Crippen molar-refractivity contribution in [2.24, 2.45) is 0 Å². The molecule has 0 saturated carbocycles. The molecule has 2 aromatic rings. The molecule has 0 fully saturated rings. The topological polar surface area (TPSA) is 93.4 Å². The van der Waals surface area contributed by atoms with Crippen LogP contribution >= 0.6 is 11.3 Å². The summed E-state index contributed by atoms with van der Waals surface area (Å²) in [6.07, 6.45) is 1.37. The average Bonchev–Trinajstić information content (AvgIpc) is 3.02. The highest BCUT2D eigenvalue weighted by Crippen LogP contribution is 2.37. The first kappa shape index (κ1) is 18.1. The molecule has 1 aliphatic rings. The average molecular weight is 369 g/mol. The number of nitrogens with one attached hydrogen (secondary N) is 1. The number of thiophene rings is 1. The minimum atomic E-state index is -0.253. The number of hydrogen-bond donors (Lipinski definition) is 2. The third-order valence-corrected chi connectivity index (χ3v) is 5.47. The maximum absolute atomic E-state index is 12.4. The molecular weight excluding hydrogens is 350 g/mol. The molecule has 3 rings (SSSR count). The van der Waals surface area contributed by atoms with Crippen LogP contribution in [-0.4, -0.2) is 35.0 Å². The number of nitriles is 1. The van der Waals surface area contributed by atoms with E-state index in [2.05, 4.69) is 11.4 Å². The molecule has 2 heterocycles. The minimum absolute atomic E-state index is 0.00191. The van der Waals surface area contributed by atoms with Crippen LogP contribution in [0.15, 0.2) is 30.3 Å². The monoisotopic (exact) mass is 369 g/mol. The van der Waals surface area contributed by atoms with Crippen LogP contribution in [-0.2, 0) is 17.8 Å². The van der Waals surface area contributed by atoms with Crippen molar-refractivity contribution in [1.29, 1.82) is 5.26 Å². The summed E-state index contributed by atoms with van der Waals surface area (Å²) in [5.74, 6) is -0.247. The number of aliphatic hydroxyl groups is 1. The summed E-state index contributed by atoms with van der Waals surface area (Å²) in [4.78, 5) is 27.2. The maximum Gasteiger partial charge on any atom is 0.256 e. The van der Waals surface area contributed by atoms with Gasteiger partial charge in [0.15, 0.2) is 0 Å². The molecule has 0 saturated heterocycles. The van der Waals surface area contributed by atoms with Crippen molar-refractivity contribution in [3.63, 3.8) is 0 Å². The summed E-state index contributed by atoms with van der Waals surface area (Å²) < 4.78 is 0. The number of carbonyl (C=O) groups is 2. The van der Waals surface area contributed by atoms with Gasteiger partial charge in [-0.25, -0.2) is 0 Å². The van der Waals surface area contributed by atoms with E-state index in [1.54, 1.807) is 29.2 Å². The molecule has 1 aromatic heterocycles. The second-order valence-electron chi connectivity index (χ2n) is 6.03. The number of nitrogens with zero attached hydrogens (tertiary/aromatic N) is 2. The maximum atomic E-state index is 12.4. The molecule has 1 aromatic carbocycles. The lowest BCUT2D eigenvalue weighted by Crippen LogP contribution is -2.35. The number of fused-ring (bicyclic) bond motifs is 1. The van der Waals surface area contributed by atoms with E-state index in [0.29, 0.717) is 48.5 Å². The van der Waals surface area contributed by atoms with E-state index in [-0.39, 0.29) is 18.4 Å². The van der Waals surface area contributed by atoms with E-state index >= 15 is 0 Å². The molecule has 0 unspecified atom stereocenters. The van der Waals surface area contributed by atoms with Gasteiger partial charge in [0.2, 0.25) is 5.91 Å². The Balaban J connectivity index is 1.78. The Morgan fingerprint density at radius 3 is 2.77 bits per heavy atom. The number of carbonyl (C=O) groups excluding carboxylic acids is 2. The minimum Gasteiger partial charge on any atom is -0.396 e. The third-order valence-electron chi connectivity index (χ3n) is 4.33. The molecule has 7 heteroatoms. The van der Waals surface area contributed by atoms with Gasteiger partial charge in [-0.1, -0.05) is 18.2 Å². The molecule has 0 atom stereocenters. The third kappa shape index (κ3) is 3.77. The molecule has 0 spiro atoms. The molecule has 6 nitrogen and oxygen atoms in total. The highest BCUT2D eigenvalue weighted by Gasteiger charge is 2.27. The van der Waals surface area contributed by atoms with Gasteiger partial charge in [0.05, 0.1) is 12.1 Å². The number of hydrogen-bond acceptors (Lipinski definition) is 5. The fourth-order valence-electron chi connectivity index (χ4n) is 2.98. The van der Waals surface area contributed by atoms with Crippen LogP contribution in [0.4, 0.5) is 5.00 Å². The quantitative estimate of drug-likeness (QED) is 0.847. The fraction of sp³-hybridized carbons (Fsp3) is 0.316. The highest BCUT2D eigenvalue weighted by atomic mass is 32.1. The standard InChI is InChI=1S/C19H19N3O3S/c20-11-15-14-8-9-22(17(24)7-4-10-23)12-16(14)26-19(15)21-18(25)13-5-2-1-3-6-13/h1-3,5-6,23H,4,7-10,12H2,(H,21,25). The van der Waals surface area contributed by atoms with Crippen LogP contribution in [0, 0.1) is 11.3 Å². The van der Waals surface area contributed by atoms with E-state index in [1.165, 1.54) is 11.3 Å². The van der Waals surface area contributed by atoms with Crippen molar-refractivity contribution >= 4 is 28.2 Å². The Hall–Kier alpha value is -2.69. The lowest BCUT2D eigenvalue weighted by Gasteiger charge is -2.27. The van der Waals surface area contributed by atoms with Crippen LogP contribution < -0.4 is 5.32 Å². The Kier molecular flexibility index (Phi) is 5.66. The number of rotatable bonds is 5. The second kappa shape index (κ2) is 8.13. The van der Waals surface area contributed by atoms with Gasteiger partial charge in [-0.2, -0.15) is 5.26 Å². The Morgan fingerprint density at radius 1 is 1.31 bits per heavy atom. The van der Waals surface area contributed by atoms with Crippen molar-refractivity contribution in [3.8, 4) is 6.07 Å². The largest absolute Gasteiger partial charge is 0.396 e. The zero-order valence-corrected chi connectivity index (χ0v) is 15.0. The first-order chi connectivity index (χ1) is 12.6. The smallest absolute Gasteiger partial charge is 0.256 e. The second-order valence-corrected chi connectivity index (χ2v) is 7.14. The van der Waals surface area contributed by atoms with Crippen LogP contribution in [0.5, 0.6) is 0 Å². The van der Waals surface area contributed by atoms with Gasteiger partial charge in [0.1, 0.15) is 11.1 Å². The van der Waals surface area contributed by atoms with Crippen molar-refractivity contribution in [2.75, 3.05) is 18.5 Å². The van der Waals surface area contributed by atoms with Crippen LogP contribution in [0.2, 0.25) is 0 Å². The number of aliphatic hydroxyl groups excluding tert-OH is 1. The molecule has 134 valence electrons. The highest BCUT2D eigenvalue weighted by molar-refractivity contribution is 7.16. The molecule has 1 aliphatic heterocycles. The summed E-state index contributed by atoms with van der Waals surface area (Å²) in [5, 5.41) is 21.8. The van der Waals surface area contributed by atoms with E-state index in [1.807, 2.05) is 6.07 Å². The molecule has 2 N–H and O–H groups in total. The SMILES string of the molecule is N#Cc1c(NC(=O)c2ccccc2)sc2c1CCN(C(=O)CCCO)C2. The Morgan fingerprint density at radius 2 is 2.08 bits per heavy atom. The summed E-state index contributed by atoms with van der Waals surface area (Å²) in [5.41, 5.74) is 1.95. The van der Waals surface area contributed by atoms with Gasteiger partial charge in [0, 0.05) is 30.0 Å². The van der Waals surface area contributed by atoms with Crippen molar-refractivity contribution < 1.29 is 14.7 Å². The van der Waals surface area contributed by atoms with Gasteiger partial charge >= 0.3 is 0 Å². The van der Waals surface area contributed by atoms with Gasteiger partial charge in [-0.15, -0.1) is 11.3 Å². The number of anilines is 1. The molecule has 0 aliphatic carbocycles.